The monoisotopic (exact) mass is 277 g/mol. The Hall–Kier alpha value is -1.55. The highest BCUT2D eigenvalue weighted by molar-refractivity contribution is 5.71. The summed E-state index contributed by atoms with van der Waals surface area (Å²) in [5, 5.41) is 3.56. The van der Waals surface area contributed by atoms with Crippen LogP contribution in [-0.2, 0) is 16.0 Å². The van der Waals surface area contributed by atoms with Gasteiger partial charge in [0.05, 0.1) is 6.61 Å². The first kappa shape index (κ1) is 14.9. The number of aryl methyl sites for hydroxylation is 1. The van der Waals surface area contributed by atoms with Crippen LogP contribution >= 0.6 is 0 Å². The molecule has 4 nitrogen and oxygen atoms in total. The SMILES string of the molecule is CCCNC1CCc2cc(OCC(=O)OCC)ccc21. The molecule has 2 rings (SSSR count). The highest BCUT2D eigenvalue weighted by Crippen LogP contribution is 2.33. The van der Waals surface area contributed by atoms with E-state index in [0.717, 1.165) is 31.6 Å². The Morgan fingerprint density at radius 2 is 2.25 bits per heavy atom. The fraction of sp³-hybridized carbons (Fsp3) is 0.562. The Balaban J connectivity index is 1.94. The van der Waals surface area contributed by atoms with E-state index >= 15 is 0 Å². The maximum atomic E-state index is 11.3. The molecule has 0 bridgehead atoms. The largest absolute Gasteiger partial charge is 0.482 e. The second-order valence-corrected chi connectivity index (χ2v) is 5.00. The predicted octanol–water partition coefficient (Wildman–Crippen LogP) is 2.62. The van der Waals surface area contributed by atoms with Crippen molar-refractivity contribution in [2.24, 2.45) is 0 Å². The van der Waals surface area contributed by atoms with Gasteiger partial charge in [-0.1, -0.05) is 13.0 Å². The van der Waals surface area contributed by atoms with Crippen molar-refractivity contribution in [3.05, 3.63) is 29.3 Å². The number of hydrogen-bond acceptors (Lipinski definition) is 4. The van der Waals surface area contributed by atoms with Crippen LogP contribution in [0.4, 0.5) is 0 Å². The molecule has 1 aromatic rings. The highest BCUT2D eigenvalue weighted by Gasteiger charge is 2.22. The van der Waals surface area contributed by atoms with Gasteiger partial charge < -0.3 is 14.8 Å². The molecule has 0 aromatic heterocycles. The molecule has 1 aliphatic rings. The van der Waals surface area contributed by atoms with Gasteiger partial charge >= 0.3 is 5.97 Å². The number of esters is 1. The molecule has 0 radical (unpaired) electrons. The number of hydrogen-bond donors (Lipinski definition) is 1. The van der Waals surface area contributed by atoms with E-state index in [1.54, 1.807) is 6.92 Å². The van der Waals surface area contributed by atoms with Gasteiger partial charge in [-0.15, -0.1) is 0 Å². The van der Waals surface area contributed by atoms with Crippen LogP contribution in [0, 0.1) is 0 Å². The first-order valence-corrected chi connectivity index (χ1v) is 7.39. The molecule has 0 saturated carbocycles. The summed E-state index contributed by atoms with van der Waals surface area (Å²) >= 11 is 0. The molecule has 1 aromatic carbocycles. The lowest BCUT2D eigenvalue weighted by Gasteiger charge is -2.13. The fourth-order valence-electron chi connectivity index (χ4n) is 2.56. The highest BCUT2D eigenvalue weighted by atomic mass is 16.6. The van der Waals surface area contributed by atoms with E-state index in [-0.39, 0.29) is 12.6 Å². The number of fused-ring (bicyclic) bond motifs is 1. The molecule has 1 N–H and O–H groups in total. The normalized spacial score (nSPS) is 16.8. The summed E-state index contributed by atoms with van der Waals surface area (Å²) in [7, 11) is 0. The zero-order chi connectivity index (χ0) is 14.4. The number of benzene rings is 1. The van der Waals surface area contributed by atoms with Gasteiger partial charge in [0.15, 0.2) is 6.61 Å². The molecule has 0 saturated heterocycles. The van der Waals surface area contributed by atoms with Crippen molar-refractivity contribution in [2.75, 3.05) is 19.8 Å². The molecule has 20 heavy (non-hydrogen) atoms. The van der Waals surface area contributed by atoms with Gasteiger partial charge in [-0.3, -0.25) is 0 Å². The Bertz CT molecular complexity index is 459. The third kappa shape index (κ3) is 3.73. The minimum absolute atomic E-state index is 0.0237. The van der Waals surface area contributed by atoms with Crippen LogP contribution in [0.1, 0.15) is 43.9 Å². The topological polar surface area (TPSA) is 47.6 Å². The first-order valence-electron chi connectivity index (χ1n) is 7.39. The van der Waals surface area contributed by atoms with Crippen LogP contribution in [-0.4, -0.2) is 25.7 Å². The lowest BCUT2D eigenvalue weighted by Crippen LogP contribution is -2.19. The summed E-state index contributed by atoms with van der Waals surface area (Å²) in [6.07, 6.45) is 3.34. The third-order valence-electron chi connectivity index (χ3n) is 3.49. The Kier molecular flexibility index (Phi) is 5.41. The van der Waals surface area contributed by atoms with E-state index in [0.29, 0.717) is 12.6 Å². The second-order valence-electron chi connectivity index (χ2n) is 5.00. The number of carbonyl (C=O) groups is 1. The van der Waals surface area contributed by atoms with Gasteiger partial charge in [-0.2, -0.15) is 0 Å². The molecular formula is C16H23NO3. The summed E-state index contributed by atoms with van der Waals surface area (Å²) in [5.74, 6) is 0.420. The number of nitrogens with one attached hydrogen (secondary N) is 1. The molecule has 0 amide bonds. The molecule has 0 heterocycles. The zero-order valence-corrected chi connectivity index (χ0v) is 12.3. The Morgan fingerprint density at radius 3 is 3.00 bits per heavy atom. The van der Waals surface area contributed by atoms with Crippen LogP contribution in [0.3, 0.4) is 0 Å². The van der Waals surface area contributed by atoms with E-state index in [9.17, 15) is 4.79 Å². The van der Waals surface area contributed by atoms with Crippen molar-refractivity contribution < 1.29 is 14.3 Å². The van der Waals surface area contributed by atoms with Gasteiger partial charge in [0, 0.05) is 6.04 Å². The maximum absolute atomic E-state index is 11.3. The van der Waals surface area contributed by atoms with Gasteiger partial charge in [0.1, 0.15) is 5.75 Å². The summed E-state index contributed by atoms with van der Waals surface area (Å²) in [5.41, 5.74) is 2.68. The maximum Gasteiger partial charge on any atom is 0.344 e. The summed E-state index contributed by atoms with van der Waals surface area (Å²) in [6, 6.07) is 6.55. The van der Waals surface area contributed by atoms with Gasteiger partial charge in [0.2, 0.25) is 0 Å². The van der Waals surface area contributed by atoms with E-state index in [2.05, 4.69) is 18.3 Å². The molecule has 4 heteroatoms. The van der Waals surface area contributed by atoms with Crippen molar-refractivity contribution in [2.45, 2.75) is 39.2 Å². The molecule has 1 aliphatic carbocycles. The van der Waals surface area contributed by atoms with E-state index in [4.69, 9.17) is 9.47 Å². The minimum atomic E-state index is -0.324. The third-order valence-corrected chi connectivity index (χ3v) is 3.49. The molecule has 0 fully saturated rings. The van der Waals surface area contributed by atoms with Crippen LogP contribution in [0.25, 0.3) is 0 Å². The lowest BCUT2D eigenvalue weighted by atomic mass is 10.1. The fourth-order valence-corrected chi connectivity index (χ4v) is 2.56. The van der Waals surface area contributed by atoms with Crippen molar-refractivity contribution in [1.82, 2.24) is 5.32 Å². The van der Waals surface area contributed by atoms with Crippen LogP contribution in [0.5, 0.6) is 5.75 Å². The number of rotatable bonds is 7. The van der Waals surface area contributed by atoms with Crippen LogP contribution < -0.4 is 10.1 Å². The smallest absolute Gasteiger partial charge is 0.344 e. The average molecular weight is 277 g/mol. The Labute approximate surface area is 120 Å². The quantitative estimate of drug-likeness (QED) is 0.778. The first-order chi connectivity index (χ1) is 9.74. The van der Waals surface area contributed by atoms with Crippen LogP contribution in [0.15, 0.2) is 18.2 Å². The van der Waals surface area contributed by atoms with Gasteiger partial charge in [-0.05, 0) is 56.0 Å². The summed E-state index contributed by atoms with van der Waals surface area (Å²) in [4.78, 5) is 11.3. The van der Waals surface area contributed by atoms with E-state index in [1.807, 2.05) is 12.1 Å². The van der Waals surface area contributed by atoms with Gasteiger partial charge in [-0.25, -0.2) is 4.79 Å². The van der Waals surface area contributed by atoms with Crippen molar-refractivity contribution >= 4 is 5.97 Å². The number of carbonyl (C=O) groups excluding carboxylic acids is 1. The lowest BCUT2D eigenvalue weighted by molar-refractivity contribution is -0.145. The predicted molar refractivity (Wildman–Crippen MR) is 77.9 cm³/mol. The summed E-state index contributed by atoms with van der Waals surface area (Å²) < 4.78 is 10.3. The van der Waals surface area contributed by atoms with Crippen molar-refractivity contribution in [1.29, 1.82) is 0 Å². The van der Waals surface area contributed by atoms with Crippen LogP contribution in [0.2, 0.25) is 0 Å². The van der Waals surface area contributed by atoms with Crippen molar-refractivity contribution in [3.8, 4) is 5.75 Å². The average Bonchev–Trinajstić information content (AvgIpc) is 2.85. The Morgan fingerprint density at radius 1 is 1.40 bits per heavy atom. The zero-order valence-electron chi connectivity index (χ0n) is 12.3. The van der Waals surface area contributed by atoms with E-state index < -0.39 is 0 Å². The molecule has 110 valence electrons. The molecule has 0 aliphatic heterocycles. The standard InChI is InChI=1S/C16H23NO3/c1-3-9-17-15-8-5-12-10-13(6-7-14(12)15)20-11-16(18)19-4-2/h6-7,10,15,17H,3-5,8-9,11H2,1-2H3. The molecule has 0 spiro atoms. The molecular weight excluding hydrogens is 254 g/mol. The molecule has 1 unspecified atom stereocenters. The summed E-state index contributed by atoms with van der Waals surface area (Å²) in [6.45, 7) is 5.37. The second kappa shape index (κ2) is 7.29. The minimum Gasteiger partial charge on any atom is -0.482 e. The van der Waals surface area contributed by atoms with E-state index in [1.165, 1.54) is 11.1 Å². The number of ether oxygens (including phenoxy) is 2. The van der Waals surface area contributed by atoms with Gasteiger partial charge in [0.25, 0.3) is 0 Å². The van der Waals surface area contributed by atoms with Crippen molar-refractivity contribution in [3.63, 3.8) is 0 Å². The molecule has 1 atom stereocenters.